The van der Waals surface area contributed by atoms with E-state index in [2.05, 4.69) is 0 Å². The van der Waals surface area contributed by atoms with Gasteiger partial charge in [-0.3, -0.25) is 0 Å². The molecule has 4 rings (SSSR count). The van der Waals surface area contributed by atoms with Crippen LogP contribution in [0.1, 0.15) is 22.7 Å². The van der Waals surface area contributed by atoms with Crippen molar-refractivity contribution in [1.82, 2.24) is 0 Å². The zero-order valence-corrected chi connectivity index (χ0v) is 15.1. The molecule has 1 aliphatic rings. The third kappa shape index (κ3) is 3.09. The maximum Gasteiger partial charge on any atom is 0.182 e. The first kappa shape index (κ1) is 18.3. The molecule has 1 aliphatic heterocycles. The van der Waals surface area contributed by atoms with E-state index in [0.717, 1.165) is 29.3 Å². The summed E-state index contributed by atoms with van der Waals surface area (Å²) in [4.78, 5) is 1.68. The molecule has 0 spiro atoms. The molecule has 3 aromatic carbocycles. The molecule has 144 valence electrons. The number of fused-ring (bicyclic) bond motifs is 1. The van der Waals surface area contributed by atoms with Crippen LogP contribution in [0.5, 0.6) is 5.75 Å². The standard InChI is InChI=1S/C22H17F4NO/c1-28-15-6-7-16-13(11-15)9-10-27(20-4-2-3-18(24)21(20)26)22(16)14-5-8-17(23)19(25)12-14/h2-8,11-12,22H,9-10H2,1H3/t22-/m0/s1. The molecule has 0 amide bonds. The Morgan fingerprint density at radius 3 is 2.46 bits per heavy atom. The average molecular weight is 387 g/mol. The Bertz CT molecular complexity index is 1040. The first-order valence-electron chi connectivity index (χ1n) is 8.82. The van der Waals surface area contributed by atoms with Gasteiger partial charge in [0.25, 0.3) is 0 Å². The highest BCUT2D eigenvalue weighted by molar-refractivity contribution is 5.57. The lowest BCUT2D eigenvalue weighted by Crippen LogP contribution is -2.37. The van der Waals surface area contributed by atoms with Crippen LogP contribution < -0.4 is 9.64 Å². The summed E-state index contributed by atoms with van der Waals surface area (Å²) in [7, 11) is 1.56. The number of ether oxygens (including phenoxy) is 1. The molecule has 3 aromatic rings. The summed E-state index contributed by atoms with van der Waals surface area (Å²) in [6.07, 6.45) is 0.572. The van der Waals surface area contributed by atoms with Crippen molar-refractivity contribution in [3.63, 3.8) is 0 Å². The minimum Gasteiger partial charge on any atom is -0.497 e. The van der Waals surface area contributed by atoms with E-state index in [9.17, 15) is 17.6 Å². The van der Waals surface area contributed by atoms with Crippen molar-refractivity contribution in [2.45, 2.75) is 12.5 Å². The van der Waals surface area contributed by atoms with E-state index in [1.54, 1.807) is 18.1 Å². The number of benzene rings is 3. The molecule has 28 heavy (non-hydrogen) atoms. The summed E-state index contributed by atoms with van der Waals surface area (Å²) in [5, 5.41) is 0. The second-order valence-corrected chi connectivity index (χ2v) is 6.66. The fourth-order valence-electron chi connectivity index (χ4n) is 3.75. The van der Waals surface area contributed by atoms with Gasteiger partial charge in [0.15, 0.2) is 23.3 Å². The highest BCUT2D eigenvalue weighted by atomic mass is 19.2. The molecule has 0 saturated carbocycles. The minimum absolute atomic E-state index is 0.0798. The van der Waals surface area contributed by atoms with Crippen LogP contribution in [-0.4, -0.2) is 13.7 Å². The molecule has 1 heterocycles. The summed E-state index contributed by atoms with van der Waals surface area (Å²) in [5.41, 5.74) is 2.30. The number of rotatable bonds is 3. The van der Waals surface area contributed by atoms with Gasteiger partial charge >= 0.3 is 0 Å². The van der Waals surface area contributed by atoms with E-state index in [0.29, 0.717) is 24.3 Å². The van der Waals surface area contributed by atoms with Crippen LogP contribution in [0.3, 0.4) is 0 Å². The zero-order chi connectivity index (χ0) is 19.8. The third-order valence-corrected chi connectivity index (χ3v) is 5.08. The Labute approximate surface area is 160 Å². The predicted molar refractivity (Wildman–Crippen MR) is 98.6 cm³/mol. The minimum atomic E-state index is -0.988. The first-order chi connectivity index (χ1) is 13.5. The van der Waals surface area contributed by atoms with E-state index in [-0.39, 0.29) is 5.69 Å². The molecule has 0 fully saturated rings. The van der Waals surface area contributed by atoms with Gasteiger partial charge in [-0.1, -0.05) is 18.2 Å². The van der Waals surface area contributed by atoms with Crippen LogP contribution in [0, 0.1) is 23.3 Å². The van der Waals surface area contributed by atoms with Crippen molar-refractivity contribution >= 4 is 5.69 Å². The van der Waals surface area contributed by atoms with E-state index in [1.165, 1.54) is 18.2 Å². The molecule has 0 unspecified atom stereocenters. The van der Waals surface area contributed by atoms with Crippen LogP contribution in [0.15, 0.2) is 54.6 Å². The molecule has 1 atom stereocenters. The number of hydrogen-bond donors (Lipinski definition) is 0. The highest BCUT2D eigenvalue weighted by Crippen LogP contribution is 2.40. The Hall–Kier alpha value is -3.02. The van der Waals surface area contributed by atoms with Gasteiger partial charge in [0.1, 0.15) is 5.75 Å². The van der Waals surface area contributed by atoms with Gasteiger partial charge in [-0.2, -0.15) is 0 Å². The quantitative estimate of drug-likeness (QED) is 0.558. The topological polar surface area (TPSA) is 12.5 Å². The van der Waals surface area contributed by atoms with Crippen LogP contribution in [-0.2, 0) is 6.42 Å². The highest BCUT2D eigenvalue weighted by Gasteiger charge is 2.32. The Balaban J connectivity index is 1.90. The maximum atomic E-state index is 14.5. The molecular weight excluding hydrogens is 370 g/mol. The first-order valence-corrected chi connectivity index (χ1v) is 8.82. The van der Waals surface area contributed by atoms with Gasteiger partial charge in [0.2, 0.25) is 0 Å². The normalized spacial score (nSPS) is 16.0. The monoisotopic (exact) mass is 387 g/mol. The SMILES string of the molecule is COc1ccc2c(c1)CCN(c1cccc(F)c1F)[C@H]2c1ccc(F)c(F)c1. The van der Waals surface area contributed by atoms with E-state index in [4.69, 9.17) is 4.74 Å². The van der Waals surface area contributed by atoms with Gasteiger partial charge < -0.3 is 9.64 Å². The lowest BCUT2D eigenvalue weighted by Gasteiger charge is -2.39. The van der Waals surface area contributed by atoms with E-state index >= 15 is 0 Å². The fourth-order valence-corrected chi connectivity index (χ4v) is 3.75. The van der Waals surface area contributed by atoms with Crippen molar-refractivity contribution in [3.8, 4) is 5.75 Å². The van der Waals surface area contributed by atoms with Crippen LogP contribution in [0.4, 0.5) is 23.2 Å². The summed E-state index contributed by atoms with van der Waals surface area (Å²) in [6.45, 7) is 0.379. The molecule has 2 nitrogen and oxygen atoms in total. The summed E-state index contributed by atoms with van der Waals surface area (Å²) < 4.78 is 61.1. The number of hydrogen-bond acceptors (Lipinski definition) is 2. The molecule has 0 saturated heterocycles. The summed E-state index contributed by atoms with van der Waals surface area (Å²) in [6, 6.07) is 12.4. The number of methoxy groups -OCH3 is 1. The van der Waals surface area contributed by atoms with Gasteiger partial charge in [-0.05, 0) is 59.5 Å². The Morgan fingerprint density at radius 2 is 1.71 bits per heavy atom. The smallest absolute Gasteiger partial charge is 0.182 e. The summed E-state index contributed by atoms with van der Waals surface area (Å²) >= 11 is 0. The summed E-state index contributed by atoms with van der Waals surface area (Å²) in [5.74, 6) is -3.20. The van der Waals surface area contributed by atoms with Crippen molar-refractivity contribution in [1.29, 1.82) is 0 Å². The average Bonchev–Trinajstić information content (AvgIpc) is 2.71. The molecule has 0 radical (unpaired) electrons. The molecule has 0 bridgehead atoms. The fraction of sp³-hybridized carbons (Fsp3) is 0.182. The predicted octanol–water partition coefficient (Wildman–Crippen LogP) is 5.40. The van der Waals surface area contributed by atoms with Crippen molar-refractivity contribution in [2.24, 2.45) is 0 Å². The lowest BCUT2D eigenvalue weighted by molar-refractivity contribution is 0.413. The lowest BCUT2D eigenvalue weighted by atomic mass is 9.87. The Morgan fingerprint density at radius 1 is 0.893 bits per heavy atom. The molecule has 6 heteroatoms. The number of halogens is 4. The van der Waals surface area contributed by atoms with Gasteiger partial charge in [0, 0.05) is 6.54 Å². The Kier molecular flexibility index (Phi) is 4.71. The third-order valence-electron chi connectivity index (χ3n) is 5.08. The molecule has 0 N–H and O–H groups in total. The van der Waals surface area contributed by atoms with Crippen molar-refractivity contribution in [2.75, 3.05) is 18.6 Å². The second kappa shape index (κ2) is 7.19. The molecule has 0 aliphatic carbocycles. The molecule has 0 aromatic heterocycles. The second-order valence-electron chi connectivity index (χ2n) is 6.66. The van der Waals surface area contributed by atoms with Crippen LogP contribution in [0.25, 0.3) is 0 Å². The maximum absolute atomic E-state index is 14.5. The van der Waals surface area contributed by atoms with Crippen molar-refractivity contribution in [3.05, 3.63) is 94.6 Å². The van der Waals surface area contributed by atoms with E-state index < -0.39 is 29.3 Å². The van der Waals surface area contributed by atoms with Gasteiger partial charge in [0.05, 0.1) is 18.8 Å². The van der Waals surface area contributed by atoms with E-state index in [1.807, 2.05) is 12.1 Å². The van der Waals surface area contributed by atoms with Crippen molar-refractivity contribution < 1.29 is 22.3 Å². The van der Waals surface area contributed by atoms with Gasteiger partial charge in [-0.15, -0.1) is 0 Å². The van der Waals surface area contributed by atoms with Crippen LogP contribution in [0.2, 0.25) is 0 Å². The zero-order valence-electron chi connectivity index (χ0n) is 15.1. The molecular formula is C22H17F4NO. The van der Waals surface area contributed by atoms with Gasteiger partial charge in [-0.25, -0.2) is 17.6 Å². The number of anilines is 1. The van der Waals surface area contributed by atoms with Crippen LogP contribution >= 0.6 is 0 Å². The number of nitrogens with zero attached hydrogens (tertiary/aromatic N) is 1. The largest absolute Gasteiger partial charge is 0.497 e.